The molecule has 2 rings (SSSR count). The lowest BCUT2D eigenvalue weighted by atomic mass is 10.2. The maximum Gasteiger partial charge on any atom is 0.194 e. The van der Waals surface area contributed by atoms with Gasteiger partial charge in [-0.3, -0.25) is 0 Å². The third-order valence-corrected chi connectivity index (χ3v) is 5.11. The largest absolute Gasteiger partial charge is 0.301 e. The molecule has 1 aliphatic heterocycles. The van der Waals surface area contributed by atoms with Crippen molar-refractivity contribution < 1.29 is 8.42 Å². The number of hydrogen-bond donors (Lipinski definition) is 1. The first kappa shape index (κ1) is 11.9. The van der Waals surface area contributed by atoms with Gasteiger partial charge in [0.1, 0.15) is 5.37 Å². The summed E-state index contributed by atoms with van der Waals surface area (Å²) < 4.78 is 24.4. The Kier molecular flexibility index (Phi) is 3.52. The Morgan fingerprint density at radius 2 is 1.88 bits per heavy atom. The first-order valence-electron chi connectivity index (χ1n) is 5.33. The number of hydrogen-bond acceptors (Lipinski definition) is 3. The van der Waals surface area contributed by atoms with Crippen molar-refractivity contribution in [2.24, 2.45) is 0 Å². The molecule has 1 aromatic carbocycles. The summed E-state index contributed by atoms with van der Waals surface area (Å²) in [7, 11) is -3.25. The van der Waals surface area contributed by atoms with Crippen molar-refractivity contribution in [1.82, 2.24) is 5.32 Å². The van der Waals surface area contributed by atoms with E-state index in [0.717, 1.165) is 19.4 Å². The van der Waals surface area contributed by atoms with Gasteiger partial charge in [0.05, 0.1) is 4.90 Å². The van der Waals surface area contributed by atoms with E-state index < -0.39 is 15.2 Å². The number of benzene rings is 1. The molecule has 88 valence electrons. The van der Waals surface area contributed by atoms with Crippen molar-refractivity contribution in [3.8, 4) is 0 Å². The molecule has 0 amide bonds. The molecule has 0 radical (unpaired) electrons. The first-order valence-corrected chi connectivity index (χ1v) is 7.26. The van der Waals surface area contributed by atoms with Crippen LogP contribution in [-0.4, -0.2) is 20.3 Å². The summed E-state index contributed by atoms with van der Waals surface area (Å²) >= 11 is 5.74. The zero-order valence-corrected chi connectivity index (χ0v) is 10.4. The summed E-state index contributed by atoms with van der Waals surface area (Å²) in [5.41, 5.74) is 0. The van der Waals surface area contributed by atoms with Crippen LogP contribution in [0.1, 0.15) is 19.3 Å². The zero-order valence-electron chi connectivity index (χ0n) is 8.82. The summed E-state index contributed by atoms with van der Waals surface area (Å²) in [5.74, 6) is 0. The van der Waals surface area contributed by atoms with E-state index in [-0.39, 0.29) is 0 Å². The van der Waals surface area contributed by atoms with E-state index >= 15 is 0 Å². The average Bonchev–Trinajstić information content (AvgIpc) is 2.31. The van der Waals surface area contributed by atoms with E-state index in [9.17, 15) is 8.42 Å². The van der Waals surface area contributed by atoms with Gasteiger partial charge in [0.2, 0.25) is 0 Å². The van der Waals surface area contributed by atoms with Gasteiger partial charge in [0.25, 0.3) is 0 Å². The number of piperidine rings is 1. The fourth-order valence-corrected chi connectivity index (χ4v) is 3.66. The topological polar surface area (TPSA) is 46.2 Å². The third-order valence-electron chi connectivity index (χ3n) is 2.78. The zero-order chi connectivity index (χ0) is 11.6. The Balaban J connectivity index is 2.27. The van der Waals surface area contributed by atoms with Crippen LogP contribution < -0.4 is 5.32 Å². The van der Waals surface area contributed by atoms with E-state index in [4.69, 9.17) is 11.6 Å². The minimum Gasteiger partial charge on any atom is -0.301 e. The van der Waals surface area contributed by atoms with Crippen LogP contribution in [0.3, 0.4) is 0 Å². The second-order valence-electron chi connectivity index (χ2n) is 3.94. The highest BCUT2D eigenvalue weighted by atomic mass is 35.5. The molecule has 0 spiro atoms. The molecule has 0 bridgehead atoms. The summed E-state index contributed by atoms with van der Waals surface area (Å²) in [6.45, 7) is 0.775. The molecule has 1 aliphatic rings. The first-order chi connectivity index (χ1) is 7.60. The highest BCUT2D eigenvalue weighted by Crippen LogP contribution is 2.22. The van der Waals surface area contributed by atoms with Crippen molar-refractivity contribution in [3.05, 3.63) is 29.3 Å². The molecule has 5 heteroatoms. The summed E-state index contributed by atoms with van der Waals surface area (Å²) in [6.07, 6.45) is 2.70. The molecule has 1 fully saturated rings. The number of halogens is 1. The second kappa shape index (κ2) is 4.73. The minimum atomic E-state index is -3.25. The van der Waals surface area contributed by atoms with Crippen LogP contribution in [0.5, 0.6) is 0 Å². The molecular weight excluding hydrogens is 246 g/mol. The van der Waals surface area contributed by atoms with Crippen molar-refractivity contribution in [1.29, 1.82) is 0 Å². The predicted octanol–water partition coefficient (Wildman–Crippen LogP) is 2.21. The van der Waals surface area contributed by atoms with E-state index in [1.807, 2.05) is 0 Å². The van der Waals surface area contributed by atoms with Gasteiger partial charge < -0.3 is 5.32 Å². The number of rotatable bonds is 2. The Hall–Kier alpha value is -0.580. The highest BCUT2D eigenvalue weighted by Gasteiger charge is 2.28. The lowest BCUT2D eigenvalue weighted by Crippen LogP contribution is -2.40. The molecule has 0 saturated carbocycles. The summed E-state index contributed by atoms with van der Waals surface area (Å²) in [5, 5.41) is 3.16. The van der Waals surface area contributed by atoms with E-state index in [1.165, 1.54) is 0 Å². The molecule has 3 nitrogen and oxygen atoms in total. The lowest BCUT2D eigenvalue weighted by molar-refractivity contribution is 0.461. The van der Waals surface area contributed by atoms with Crippen LogP contribution in [0.4, 0.5) is 0 Å². The van der Waals surface area contributed by atoms with E-state index in [1.54, 1.807) is 24.3 Å². The van der Waals surface area contributed by atoms with Crippen LogP contribution in [0.15, 0.2) is 29.2 Å². The molecule has 1 aromatic rings. The Morgan fingerprint density at radius 3 is 2.44 bits per heavy atom. The molecule has 1 N–H and O–H groups in total. The van der Waals surface area contributed by atoms with Crippen LogP contribution in [0, 0.1) is 0 Å². The maximum atomic E-state index is 12.2. The number of nitrogens with one attached hydrogen (secondary N) is 1. The van der Waals surface area contributed by atoms with Gasteiger partial charge in [-0.25, -0.2) is 8.42 Å². The molecule has 1 atom stereocenters. The summed E-state index contributed by atoms with van der Waals surface area (Å²) in [6, 6.07) is 6.34. The normalized spacial score (nSPS) is 21.9. The lowest BCUT2D eigenvalue weighted by Gasteiger charge is -2.23. The SMILES string of the molecule is O=S(=O)(c1ccc(Cl)cc1)C1CCCCN1. The van der Waals surface area contributed by atoms with Gasteiger partial charge in [-0.1, -0.05) is 11.6 Å². The quantitative estimate of drug-likeness (QED) is 0.886. The fraction of sp³-hybridized carbons (Fsp3) is 0.455. The van der Waals surface area contributed by atoms with Crippen molar-refractivity contribution in [3.63, 3.8) is 0 Å². The van der Waals surface area contributed by atoms with Crippen LogP contribution in [0.2, 0.25) is 5.02 Å². The van der Waals surface area contributed by atoms with Crippen molar-refractivity contribution in [2.75, 3.05) is 6.54 Å². The minimum absolute atomic E-state index is 0.344. The second-order valence-corrected chi connectivity index (χ2v) is 6.50. The summed E-state index contributed by atoms with van der Waals surface area (Å²) in [4.78, 5) is 0.344. The molecule has 16 heavy (non-hydrogen) atoms. The standard InChI is InChI=1S/C11H14ClNO2S/c12-9-4-6-10(7-5-9)16(14,15)11-3-1-2-8-13-11/h4-7,11,13H,1-3,8H2. The average molecular weight is 260 g/mol. The van der Waals surface area contributed by atoms with Gasteiger partial charge >= 0.3 is 0 Å². The van der Waals surface area contributed by atoms with Crippen LogP contribution in [0.25, 0.3) is 0 Å². The maximum absolute atomic E-state index is 12.2. The van der Waals surface area contributed by atoms with Crippen LogP contribution >= 0.6 is 11.6 Å². The molecule has 0 aromatic heterocycles. The Bertz CT molecular complexity index is 449. The number of sulfone groups is 1. The monoisotopic (exact) mass is 259 g/mol. The molecule has 1 heterocycles. The molecule has 1 saturated heterocycles. The predicted molar refractivity (Wildman–Crippen MR) is 64.3 cm³/mol. The van der Waals surface area contributed by atoms with Gasteiger partial charge in [-0.15, -0.1) is 0 Å². The molecule has 0 aliphatic carbocycles. The Morgan fingerprint density at radius 1 is 1.19 bits per heavy atom. The molecular formula is C11H14ClNO2S. The van der Waals surface area contributed by atoms with Gasteiger partial charge in [-0.2, -0.15) is 0 Å². The van der Waals surface area contributed by atoms with Crippen LogP contribution in [-0.2, 0) is 9.84 Å². The van der Waals surface area contributed by atoms with E-state index in [0.29, 0.717) is 16.3 Å². The highest BCUT2D eigenvalue weighted by molar-refractivity contribution is 7.92. The Labute approximate surface area is 101 Å². The molecule has 1 unspecified atom stereocenters. The fourth-order valence-electron chi connectivity index (χ4n) is 1.87. The van der Waals surface area contributed by atoms with Gasteiger partial charge in [-0.05, 0) is 50.1 Å². The van der Waals surface area contributed by atoms with Crippen molar-refractivity contribution in [2.45, 2.75) is 29.5 Å². The third kappa shape index (κ3) is 2.39. The van der Waals surface area contributed by atoms with Gasteiger partial charge in [0.15, 0.2) is 9.84 Å². The van der Waals surface area contributed by atoms with E-state index in [2.05, 4.69) is 5.32 Å². The van der Waals surface area contributed by atoms with Crippen molar-refractivity contribution >= 4 is 21.4 Å². The smallest absolute Gasteiger partial charge is 0.194 e. The van der Waals surface area contributed by atoms with Gasteiger partial charge in [0, 0.05) is 5.02 Å².